The van der Waals surface area contributed by atoms with E-state index in [0.717, 1.165) is 18.4 Å². The van der Waals surface area contributed by atoms with Crippen molar-refractivity contribution in [1.82, 2.24) is 5.32 Å². The summed E-state index contributed by atoms with van der Waals surface area (Å²) in [6, 6.07) is 5.60. The molecule has 0 bridgehead atoms. The second-order valence-corrected chi connectivity index (χ2v) is 4.15. The van der Waals surface area contributed by atoms with Gasteiger partial charge in [-0.25, -0.2) is 0 Å². The van der Waals surface area contributed by atoms with E-state index in [4.69, 9.17) is 9.47 Å². The molecule has 0 aromatic heterocycles. The molecule has 0 heterocycles. The first-order valence-electron chi connectivity index (χ1n) is 6.29. The molecule has 0 saturated carbocycles. The molecule has 0 aliphatic heterocycles. The zero-order chi connectivity index (χ0) is 14.1. The number of hydrogen-bond donors (Lipinski definition) is 1. The quantitative estimate of drug-likeness (QED) is 0.579. The molecule has 1 aromatic rings. The second-order valence-electron chi connectivity index (χ2n) is 4.15. The molecule has 0 atom stereocenters. The fourth-order valence-corrected chi connectivity index (χ4v) is 1.69. The molecule has 0 radical (unpaired) electrons. The third kappa shape index (κ3) is 5.04. The Labute approximate surface area is 114 Å². The summed E-state index contributed by atoms with van der Waals surface area (Å²) >= 11 is 0. The third-order valence-electron chi connectivity index (χ3n) is 2.75. The normalized spacial score (nSPS) is 9.79. The smallest absolute Gasteiger partial charge is 0.220 e. The third-order valence-corrected chi connectivity index (χ3v) is 2.75. The minimum absolute atomic E-state index is 0.0524. The highest BCUT2D eigenvalue weighted by atomic mass is 16.5. The summed E-state index contributed by atoms with van der Waals surface area (Å²) in [6.07, 6.45) is 4.05. The lowest BCUT2D eigenvalue weighted by Gasteiger charge is -2.10. The number of amides is 1. The second kappa shape index (κ2) is 8.19. The van der Waals surface area contributed by atoms with Crippen molar-refractivity contribution < 1.29 is 14.3 Å². The maximum atomic E-state index is 11.6. The van der Waals surface area contributed by atoms with E-state index in [1.165, 1.54) is 0 Å². The van der Waals surface area contributed by atoms with Crippen molar-refractivity contribution >= 4 is 5.91 Å². The average molecular weight is 263 g/mol. The molecule has 0 spiro atoms. The number of allylic oxidation sites excluding steroid dienone is 1. The van der Waals surface area contributed by atoms with Crippen molar-refractivity contribution in [1.29, 1.82) is 0 Å². The summed E-state index contributed by atoms with van der Waals surface area (Å²) in [4.78, 5) is 11.6. The molecular weight excluding hydrogens is 242 g/mol. The molecule has 4 nitrogen and oxygen atoms in total. The molecule has 1 rings (SSSR count). The molecule has 1 amide bonds. The van der Waals surface area contributed by atoms with Crippen molar-refractivity contribution in [2.45, 2.75) is 25.8 Å². The minimum atomic E-state index is 0.0524. The Bertz CT molecular complexity index is 429. The zero-order valence-electron chi connectivity index (χ0n) is 11.6. The van der Waals surface area contributed by atoms with E-state index >= 15 is 0 Å². The monoisotopic (exact) mass is 263 g/mol. The lowest BCUT2D eigenvalue weighted by molar-refractivity contribution is -0.121. The molecular formula is C15H21NO3. The van der Waals surface area contributed by atoms with Crippen LogP contribution in [0.1, 0.15) is 24.8 Å². The summed E-state index contributed by atoms with van der Waals surface area (Å²) in [5.74, 6) is 1.40. The zero-order valence-corrected chi connectivity index (χ0v) is 11.6. The summed E-state index contributed by atoms with van der Waals surface area (Å²) in [5, 5.41) is 2.88. The van der Waals surface area contributed by atoms with Crippen LogP contribution in [0.15, 0.2) is 30.9 Å². The highest BCUT2D eigenvalue weighted by molar-refractivity contribution is 5.75. The van der Waals surface area contributed by atoms with Crippen molar-refractivity contribution in [2.75, 3.05) is 14.2 Å². The first-order valence-corrected chi connectivity index (χ1v) is 6.29. The van der Waals surface area contributed by atoms with Crippen LogP contribution >= 0.6 is 0 Å². The standard InChI is InChI=1S/C15H21NO3/c1-4-5-6-7-15(17)16-11-12-8-9-13(18-2)14(10-12)19-3/h4,8-10H,1,5-7,11H2,2-3H3,(H,16,17). The summed E-state index contributed by atoms with van der Waals surface area (Å²) in [5.41, 5.74) is 0.981. The number of ether oxygens (including phenoxy) is 2. The number of rotatable bonds is 8. The Hall–Kier alpha value is -1.97. The van der Waals surface area contributed by atoms with E-state index in [-0.39, 0.29) is 5.91 Å². The lowest BCUT2D eigenvalue weighted by Crippen LogP contribution is -2.22. The molecule has 0 saturated heterocycles. The van der Waals surface area contributed by atoms with Crippen LogP contribution in [-0.2, 0) is 11.3 Å². The van der Waals surface area contributed by atoms with Crippen molar-refractivity contribution in [2.24, 2.45) is 0 Å². The Balaban J connectivity index is 2.49. The van der Waals surface area contributed by atoms with Crippen LogP contribution in [0, 0.1) is 0 Å². The number of methoxy groups -OCH3 is 2. The van der Waals surface area contributed by atoms with Gasteiger partial charge in [0.05, 0.1) is 14.2 Å². The van der Waals surface area contributed by atoms with Crippen molar-refractivity contribution in [3.63, 3.8) is 0 Å². The minimum Gasteiger partial charge on any atom is -0.493 e. The maximum Gasteiger partial charge on any atom is 0.220 e. The van der Waals surface area contributed by atoms with E-state index in [0.29, 0.717) is 24.5 Å². The van der Waals surface area contributed by atoms with Crippen LogP contribution in [0.2, 0.25) is 0 Å². The first-order chi connectivity index (χ1) is 9.21. The largest absolute Gasteiger partial charge is 0.493 e. The van der Waals surface area contributed by atoms with Crippen molar-refractivity contribution in [3.05, 3.63) is 36.4 Å². The van der Waals surface area contributed by atoms with Crippen LogP contribution in [0.3, 0.4) is 0 Å². The molecule has 1 N–H and O–H groups in total. The Morgan fingerprint density at radius 2 is 2.05 bits per heavy atom. The van der Waals surface area contributed by atoms with Crippen LogP contribution in [0.25, 0.3) is 0 Å². The average Bonchev–Trinajstić information content (AvgIpc) is 2.45. The molecule has 4 heteroatoms. The fourth-order valence-electron chi connectivity index (χ4n) is 1.69. The summed E-state index contributed by atoms with van der Waals surface area (Å²) < 4.78 is 10.4. The van der Waals surface area contributed by atoms with Crippen LogP contribution in [0.4, 0.5) is 0 Å². The number of benzene rings is 1. The SMILES string of the molecule is C=CCCCC(=O)NCc1ccc(OC)c(OC)c1. The molecule has 0 aliphatic carbocycles. The van der Waals surface area contributed by atoms with E-state index in [9.17, 15) is 4.79 Å². The highest BCUT2D eigenvalue weighted by Crippen LogP contribution is 2.27. The van der Waals surface area contributed by atoms with Crippen molar-refractivity contribution in [3.8, 4) is 11.5 Å². The topological polar surface area (TPSA) is 47.6 Å². The van der Waals surface area contributed by atoms with Gasteiger partial charge in [-0.2, -0.15) is 0 Å². The Morgan fingerprint density at radius 3 is 2.68 bits per heavy atom. The molecule has 1 aromatic carbocycles. The van der Waals surface area contributed by atoms with Gasteiger partial charge in [0.1, 0.15) is 0 Å². The van der Waals surface area contributed by atoms with Gasteiger partial charge in [-0.3, -0.25) is 4.79 Å². The lowest BCUT2D eigenvalue weighted by atomic mass is 10.2. The number of nitrogens with one attached hydrogen (secondary N) is 1. The summed E-state index contributed by atoms with van der Waals surface area (Å²) in [7, 11) is 3.19. The predicted octanol–water partition coefficient (Wildman–Crippen LogP) is 2.68. The fraction of sp³-hybridized carbons (Fsp3) is 0.400. The molecule has 104 valence electrons. The van der Waals surface area contributed by atoms with Gasteiger partial charge in [-0.05, 0) is 30.5 Å². The van der Waals surface area contributed by atoms with Gasteiger partial charge in [-0.15, -0.1) is 6.58 Å². The van der Waals surface area contributed by atoms with Gasteiger partial charge in [-0.1, -0.05) is 12.1 Å². The van der Waals surface area contributed by atoms with Crippen LogP contribution in [-0.4, -0.2) is 20.1 Å². The number of unbranched alkanes of at least 4 members (excludes halogenated alkanes) is 1. The number of carbonyl (C=O) groups excluding carboxylic acids is 1. The molecule has 0 unspecified atom stereocenters. The van der Waals surface area contributed by atoms with Gasteiger partial charge in [0.2, 0.25) is 5.91 Å². The molecule has 0 fully saturated rings. The summed E-state index contributed by atoms with van der Waals surface area (Å²) in [6.45, 7) is 4.12. The predicted molar refractivity (Wildman–Crippen MR) is 75.4 cm³/mol. The van der Waals surface area contributed by atoms with Gasteiger partial charge in [0.25, 0.3) is 0 Å². The van der Waals surface area contributed by atoms with E-state index in [2.05, 4.69) is 11.9 Å². The van der Waals surface area contributed by atoms with Crippen LogP contribution in [0.5, 0.6) is 11.5 Å². The van der Waals surface area contributed by atoms with E-state index < -0.39 is 0 Å². The van der Waals surface area contributed by atoms with Gasteiger partial charge >= 0.3 is 0 Å². The van der Waals surface area contributed by atoms with Gasteiger partial charge in [0.15, 0.2) is 11.5 Å². The maximum absolute atomic E-state index is 11.6. The van der Waals surface area contributed by atoms with E-state index in [1.807, 2.05) is 24.3 Å². The van der Waals surface area contributed by atoms with Crippen LogP contribution < -0.4 is 14.8 Å². The van der Waals surface area contributed by atoms with Gasteiger partial charge in [0, 0.05) is 13.0 Å². The van der Waals surface area contributed by atoms with E-state index in [1.54, 1.807) is 14.2 Å². The van der Waals surface area contributed by atoms with Gasteiger partial charge < -0.3 is 14.8 Å². The number of carbonyl (C=O) groups is 1. The molecule has 19 heavy (non-hydrogen) atoms. The highest BCUT2D eigenvalue weighted by Gasteiger charge is 2.05. The Morgan fingerprint density at radius 1 is 1.32 bits per heavy atom. The number of hydrogen-bond acceptors (Lipinski definition) is 3. The Kier molecular flexibility index (Phi) is 6.50. The molecule has 0 aliphatic rings. The first kappa shape index (κ1) is 15.1.